The highest BCUT2D eigenvalue weighted by Gasteiger charge is 2.30. The van der Waals surface area contributed by atoms with Crippen molar-refractivity contribution < 1.29 is 26.3 Å². The predicted octanol–water partition coefficient (Wildman–Crippen LogP) is 2.38. The van der Waals surface area contributed by atoms with E-state index >= 15 is 0 Å². The van der Waals surface area contributed by atoms with Crippen molar-refractivity contribution in [1.82, 2.24) is 0 Å². The van der Waals surface area contributed by atoms with Gasteiger partial charge in [0.15, 0.2) is 0 Å². The molecule has 0 fully saturated rings. The van der Waals surface area contributed by atoms with E-state index in [0.717, 1.165) is 6.26 Å². The van der Waals surface area contributed by atoms with Gasteiger partial charge < -0.3 is 4.55 Å². The number of alkyl halides is 3. The van der Waals surface area contributed by atoms with Gasteiger partial charge in [0.25, 0.3) is 0 Å². The van der Waals surface area contributed by atoms with E-state index in [9.17, 15) is 21.8 Å². The van der Waals surface area contributed by atoms with Gasteiger partial charge in [0, 0.05) is 17.2 Å². The lowest BCUT2D eigenvalue weighted by molar-refractivity contribution is -0.137. The van der Waals surface area contributed by atoms with Crippen LogP contribution in [-0.4, -0.2) is 20.4 Å². The molecule has 0 aliphatic carbocycles. The molecule has 1 N–H and O–H groups in total. The minimum Gasteiger partial charge on any atom is -0.314 e. The smallest absolute Gasteiger partial charge is 0.314 e. The van der Waals surface area contributed by atoms with Crippen LogP contribution < -0.4 is 0 Å². The van der Waals surface area contributed by atoms with Gasteiger partial charge in [-0.3, -0.25) is 0 Å². The molecular formula is C9H8F4O2S. The third kappa shape index (κ3) is 3.49. The molecule has 0 spiro atoms. The molecule has 0 bridgehead atoms. The van der Waals surface area contributed by atoms with Crippen molar-refractivity contribution >= 4 is 15.2 Å². The predicted molar refractivity (Wildman–Crippen MR) is 53.3 cm³/mol. The Kier molecular flexibility index (Phi) is 3.30. The maximum absolute atomic E-state index is 13.1. The van der Waals surface area contributed by atoms with E-state index < -0.39 is 32.9 Å². The van der Waals surface area contributed by atoms with E-state index in [-0.39, 0.29) is 0 Å². The monoisotopic (exact) mass is 256 g/mol. The van der Waals surface area contributed by atoms with Crippen molar-refractivity contribution in [2.24, 2.45) is 0 Å². The van der Waals surface area contributed by atoms with Gasteiger partial charge in [-0.05, 0) is 18.2 Å². The van der Waals surface area contributed by atoms with Crippen molar-refractivity contribution in [2.75, 3.05) is 6.26 Å². The maximum Gasteiger partial charge on any atom is 0.416 e. The van der Waals surface area contributed by atoms with Crippen molar-refractivity contribution in [3.8, 4) is 0 Å². The number of hydrogen-bond acceptors (Lipinski definition) is 1. The number of rotatable bonds is 1. The molecule has 1 unspecified atom stereocenters. The summed E-state index contributed by atoms with van der Waals surface area (Å²) in [7, 11) is -3.44. The lowest BCUT2D eigenvalue weighted by Crippen LogP contribution is -2.08. The van der Waals surface area contributed by atoms with Crippen LogP contribution in [0.4, 0.5) is 17.6 Å². The van der Waals surface area contributed by atoms with E-state index in [2.05, 4.69) is 0 Å². The number of halogens is 4. The minimum absolute atomic E-state index is 0.495. The molecule has 0 radical (unpaired) electrons. The Hall–Kier alpha value is -1.08. The zero-order chi connectivity index (χ0) is 12.6. The Labute approximate surface area is 89.7 Å². The summed E-state index contributed by atoms with van der Waals surface area (Å²) in [6.07, 6.45) is -3.73. The highest BCUT2D eigenvalue weighted by atomic mass is 32.2. The molecule has 16 heavy (non-hydrogen) atoms. The number of benzene rings is 1. The van der Waals surface area contributed by atoms with Crippen LogP contribution >= 0.6 is 0 Å². The zero-order valence-electron chi connectivity index (χ0n) is 8.08. The summed E-state index contributed by atoms with van der Waals surface area (Å²) >= 11 is 0. The van der Waals surface area contributed by atoms with E-state index in [4.69, 9.17) is 4.55 Å². The molecule has 7 heteroatoms. The lowest BCUT2D eigenvalue weighted by Gasteiger charge is -2.07. The van der Waals surface area contributed by atoms with Crippen LogP contribution in [-0.2, 0) is 16.0 Å². The SMILES string of the molecule is CS(=O)(O)=Cc1cc(C(F)(F)F)ccc1F. The lowest BCUT2D eigenvalue weighted by atomic mass is 10.1. The van der Waals surface area contributed by atoms with Crippen molar-refractivity contribution in [3.63, 3.8) is 0 Å². The maximum atomic E-state index is 13.1. The normalized spacial score (nSPS) is 15.6. The molecule has 0 aromatic heterocycles. The summed E-state index contributed by atoms with van der Waals surface area (Å²) in [5.41, 5.74) is -1.60. The average molecular weight is 256 g/mol. The Morgan fingerprint density at radius 2 is 1.94 bits per heavy atom. The van der Waals surface area contributed by atoms with Gasteiger partial charge >= 0.3 is 6.18 Å². The van der Waals surface area contributed by atoms with Crippen LogP contribution in [0.25, 0.3) is 0 Å². The Balaban J connectivity index is 3.37. The van der Waals surface area contributed by atoms with Crippen LogP contribution in [0.15, 0.2) is 18.2 Å². The Morgan fingerprint density at radius 1 is 1.38 bits per heavy atom. The second kappa shape index (κ2) is 4.06. The number of hydrogen-bond donors (Lipinski definition) is 1. The van der Waals surface area contributed by atoms with Crippen molar-refractivity contribution in [2.45, 2.75) is 6.18 Å². The van der Waals surface area contributed by atoms with Gasteiger partial charge in [-0.15, -0.1) is 0 Å². The first-order valence-corrected chi connectivity index (χ1v) is 6.01. The third-order valence-electron chi connectivity index (χ3n) is 1.67. The molecule has 0 heterocycles. The second-order valence-electron chi connectivity index (χ2n) is 3.21. The zero-order valence-corrected chi connectivity index (χ0v) is 8.90. The van der Waals surface area contributed by atoms with Crippen LogP contribution in [0.2, 0.25) is 0 Å². The van der Waals surface area contributed by atoms with Gasteiger partial charge in [0.05, 0.1) is 15.4 Å². The van der Waals surface area contributed by atoms with E-state index in [1.165, 1.54) is 0 Å². The summed E-state index contributed by atoms with van der Waals surface area (Å²) in [5.74, 6) is -0.975. The molecule has 1 aromatic carbocycles. The molecule has 0 amide bonds. The van der Waals surface area contributed by atoms with Crippen molar-refractivity contribution in [3.05, 3.63) is 35.1 Å². The quantitative estimate of drug-likeness (QED) is 0.618. The molecule has 0 saturated carbocycles. The fourth-order valence-corrected chi connectivity index (χ4v) is 1.70. The molecule has 90 valence electrons. The van der Waals surface area contributed by atoms with Crippen LogP contribution in [0.1, 0.15) is 11.1 Å². The van der Waals surface area contributed by atoms with E-state index in [1.54, 1.807) is 0 Å². The molecule has 1 rings (SSSR count). The van der Waals surface area contributed by atoms with Gasteiger partial charge in [-0.25, -0.2) is 8.60 Å². The summed E-state index contributed by atoms with van der Waals surface area (Å²) in [6.45, 7) is 0. The average Bonchev–Trinajstić information content (AvgIpc) is 2.04. The van der Waals surface area contributed by atoms with Gasteiger partial charge in [-0.1, -0.05) is 0 Å². The van der Waals surface area contributed by atoms with E-state index in [0.29, 0.717) is 23.6 Å². The van der Waals surface area contributed by atoms with Gasteiger partial charge in [-0.2, -0.15) is 13.2 Å². The standard InChI is InChI=1S/C9H8F4O2S/c1-16(14,15)5-6-4-7(9(11,12)13)2-3-8(6)10/h2-5H,1H3,(H,14,15). The van der Waals surface area contributed by atoms with Crippen LogP contribution in [0, 0.1) is 5.82 Å². The molecule has 0 aliphatic rings. The first-order chi connectivity index (χ1) is 7.09. The molecule has 1 aromatic rings. The summed E-state index contributed by atoms with van der Waals surface area (Å²) in [6, 6.07) is 1.68. The largest absolute Gasteiger partial charge is 0.416 e. The topological polar surface area (TPSA) is 37.3 Å². The van der Waals surface area contributed by atoms with Gasteiger partial charge in [0.2, 0.25) is 0 Å². The van der Waals surface area contributed by atoms with Crippen LogP contribution in [0.3, 0.4) is 0 Å². The fraction of sp³-hybridized carbons (Fsp3) is 0.222. The van der Waals surface area contributed by atoms with Crippen LogP contribution in [0.5, 0.6) is 0 Å². The molecule has 1 atom stereocenters. The fourth-order valence-electron chi connectivity index (χ4n) is 1.05. The Morgan fingerprint density at radius 3 is 2.38 bits per heavy atom. The highest BCUT2D eigenvalue weighted by Crippen LogP contribution is 2.29. The third-order valence-corrected chi connectivity index (χ3v) is 2.36. The summed E-state index contributed by atoms with van der Waals surface area (Å²) < 4.78 is 69.7. The van der Waals surface area contributed by atoms with E-state index in [1.807, 2.05) is 0 Å². The highest BCUT2D eigenvalue weighted by molar-refractivity contribution is 7.95. The second-order valence-corrected chi connectivity index (χ2v) is 5.17. The molecular weight excluding hydrogens is 248 g/mol. The summed E-state index contributed by atoms with van der Waals surface area (Å²) in [5, 5.41) is 0.567. The first kappa shape index (κ1) is 13.0. The summed E-state index contributed by atoms with van der Waals surface area (Å²) in [4.78, 5) is 0. The minimum atomic E-state index is -4.61. The first-order valence-electron chi connectivity index (χ1n) is 4.03. The molecule has 2 nitrogen and oxygen atoms in total. The molecule has 0 saturated heterocycles. The molecule has 0 aliphatic heterocycles. The van der Waals surface area contributed by atoms with Crippen molar-refractivity contribution in [1.29, 1.82) is 0 Å². The van der Waals surface area contributed by atoms with Gasteiger partial charge in [0.1, 0.15) is 5.82 Å². The Bertz CT molecular complexity index is 505.